The summed E-state index contributed by atoms with van der Waals surface area (Å²) in [5, 5.41) is 7.63. The van der Waals surface area contributed by atoms with E-state index >= 15 is 0 Å². The maximum absolute atomic E-state index is 4.57. The molecule has 51 heavy (non-hydrogen) atoms. The van der Waals surface area contributed by atoms with Crippen LogP contribution in [0.25, 0.3) is 88.0 Å². The van der Waals surface area contributed by atoms with Crippen molar-refractivity contribution in [3.63, 3.8) is 0 Å². The van der Waals surface area contributed by atoms with Gasteiger partial charge in [-0.15, -0.1) is 0 Å². The molecule has 0 amide bonds. The first kappa shape index (κ1) is 27.4. The van der Waals surface area contributed by atoms with Gasteiger partial charge in [-0.25, -0.2) is 0 Å². The summed E-state index contributed by atoms with van der Waals surface area (Å²) in [7, 11) is 0. The highest BCUT2D eigenvalue weighted by Crippen LogP contribution is 2.54. The summed E-state index contributed by atoms with van der Waals surface area (Å²) >= 11 is 0. The molecule has 1 atom stereocenters. The summed E-state index contributed by atoms with van der Waals surface area (Å²) in [6.07, 6.45) is 6.08. The lowest BCUT2D eigenvalue weighted by Gasteiger charge is -2.25. The minimum Gasteiger partial charge on any atom is -0.309 e. The summed E-state index contributed by atoms with van der Waals surface area (Å²) < 4.78 is 4.93. The molecule has 3 aromatic heterocycles. The second-order valence-corrected chi connectivity index (χ2v) is 14.2. The van der Waals surface area contributed by atoms with Gasteiger partial charge in [0.1, 0.15) is 0 Å². The topological polar surface area (TPSA) is 22.8 Å². The number of pyridine rings is 1. The molecule has 238 valence electrons. The Kier molecular flexibility index (Phi) is 5.40. The van der Waals surface area contributed by atoms with E-state index in [0.29, 0.717) is 5.92 Å². The Hall–Kier alpha value is -6.45. The van der Waals surface area contributed by atoms with Crippen LogP contribution in [0.4, 0.5) is 0 Å². The van der Waals surface area contributed by atoms with Gasteiger partial charge in [0.2, 0.25) is 0 Å². The maximum Gasteiger partial charge on any atom is 0.0724 e. The standard InChI is InChI=1S/C48H31N3/c1-2-11-30(12-3-1)50-43-23-19-31(26-41(43)37-24-25-49-28-45(37)50)51-44-22-18-29-10-4-5-13-32(29)46(44)42-27-40-35-16-7-6-14-33(35)36-20-21-39(40)47(48(42)51)38-17-9-8-15-34(36)38/h1-19,22-28,36H,20-21H2/t36-/m1/s1. The van der Waals surface area contributed by atoms with E-state index in [0.717, 1.165) is 24.0 Å². The van der Waals surface area contributed by atoms with Crippen LogP contribution in [0.1, 0.15) is 29.0 Å². The Morgan fingerprint density at radius 2 is 1.27 bits per heavy atom. The molecule has 3 nitrogen and oxygen atoms in total. The zero-order chi connectivity index (χ0) is 33.2. The molecule has 3 heterocycles. The average molecular weight is 650 g/mol. The van der Waals surface area contributed by atoms with Gasteiger partial charge in [-0.05, 0) is 106 Å². The molecule has 10 aromatic rings. The van der Waals surface area contributed by atoms with Crippen molar-refractivity contribution in [2.75, 3.05) is 0 Å². The molecule has 3 heteroatoms. The molecule has 2 aliphatic rings. The predicted octanol–water partition coefficient (Wildman–Crippen LogP) is 12.2. The molecule has 0 unspecified atom stereocenters. The monoisotopic (exact) mass is 649 g/mol. The molecule has 2 aliphatic carbocycles. The fourth-order valence-corrected chi connectivity index (χ4v) is 9.74. The van der Waals surface area contributed by atoms with Gasteiger partial charge in [0.05, 0.1) is 28.3 Å². The van der Waals surface area contributed by atoms with E-state index in [1.54, 1.807) is 0 Å². The molecule has 0 spiro atoms. The van der Waals surface area contributed by atoms with Gasteiger partial charge in [0.15, 0.2) is 0 Å². The van der Waals surface area contributed by atoms with Crippen molar-refractivity contribution in [1.82, 2.24) is 14.1 Å². The lowest BCUT2D eigenvalue weighted by molar-refractivity contribution is 0.736. The van der Waals surface area contributed by atoms with Gasteiger partial charge < -0.3 is 9.13 Å². The van der Waals surface area contributed by atoms with Gasteiger partial charge in [-0.1, -0.05) is 97.1 Å². The number of hydrogen-bond donors (Lipinski definition) is 0. The molecule has 0 radical (unpaired) electrons. The molecule has 2 bridgehead atoms. The minimum absolute atomic E-state index is 0.366. The molecule has 0 aliphatic heterocycles. The maximum atomic E-state index is 4.57. The van der Waals surface area contributed by atoms with Crippen LogP contribution in [0.3, 0.4) is 0 Å². The number of aromatic nitrogens is 3. The first-order chi connectivity index (χ1) is 25.3. The number of hydrogen-bond acceptors (Lipinski definition) is 1. The van der Waals surface area contributed by atoms with Gasteiger partial charge in [0.25, 0.3) is 0 Å². The smallest absolute Gasteiger partial charge is 0.0724 e. The molecular weight excluding hydrogens is 619 g/mol. The molecule has 0 fully saturated rings. The van der Waals surface area contributed by atoms with Gasteiger partial charge in [0, 0.05) is 50.6 Å². The Balaban J connectivity index is 1.28. The summed E-state index contributed by atoms with van der Waals surface area (Å²) in [5.74, 6) is 0.366. The Morgan fingerprint density at radius 1 is 0.510 bits per heavy atom. The number of para-hydroxylation sites is 1. The van der Waals surface area contributed by atoms with E-state index in [-0.39, 0.29) is 0 Å². The first-order valence-electron chi connectivity index (χ1n) is 18.0. The molecule has 12 rings (SSSR count). The summed E-state index contributed by atoms with van der Waals surface area (Å²) in [6.45, 7) is 0. The van der Waals surface area contributed by atoms with Crippen LogP contribution < -0.4 is 0 Å². The van der Waals surface area contributed by atoms with Gasteiger partial charge in [-0.2, -0.15) is 0 Å². The quantitative estimate of drug-likeness (QED) is 0.183. The zero-order valence-corrected chi connectivity index (χ0v) is 27.8. The Labute approximate surface area is 294 Å². The van der Waals surface area contributed by atoms with Crippen molar-refractivity contribution < 1.29 is 0 Å². The van der Waals surface area contributed by atoms with Crippen molar-refractivity contribution in [3.8, 4) is 33.6 Å². The van der Waals surface area contributed by atoms with Crippen LogP contribution >= 0.6 is 0 Å². The van der Waals surface area contributed by atoms with Crippen LogP contribution in [0, 0.1) is 0 Å². The van der Waals surface area contributed by atoms with Crippen LogP contribution in [0.5, 0.6) is 0 Å². The van der Waals surface area contributed by atoms with Gasteiger partial charge >= 0.3 is 0 Å². The summed E-state index contributed by atoms with van der Waals surface area (Å²) in [6, 6.07) is 54.4. The SMILES string of the molecule is c1ccc(-n2c3ccc(-n4c5ccc6ccccc6c5c5cc6c7c(c54)-c4ccccc4[C@H](CC7)c4ccccc4-6)cc3c3ccncc32)cc1. The van der Waals surface area contributed by atoms with Crippen molar-refractivity contribution in [2.24, 2.45) is 0 Å². The lowest BCUT2D eigenvalue weighted by Crippen LogP contribution is -2.05. The van der Waals surface area contributed by atoms with Crippen LogP contribution in [0.2, 0.25) is 0 Å². The molecule has 0 saturated heterocycles. The molecular formula is C48H31N3. The normalized spacial score (nSPS) is 14.7. The van der Waals surface area contributed by atoms with Crippen LogP contribution in [-0.2, 0) is 6.42 Å². The van der Waals surface area contributed by atoms with Crippen molar-refractivity contribution in [1.29, 1.82) is 0 Å². The van der Waals surface area contributed by atoms with Crippen molar-refractivity contribution >= 4 is 54.4 Å². The van der Waals surface area contributed by atoms with Crippen LogP contribution in [-0.4, -0.2) is 14.1 Å². The Bertz CT molecular complexity index is 3090. The number of benzene rings is 7. The van der Waals surface area contributed by atoms with E-state index < -0.39 is 0 Å². The van der Waals surface area contributed by atoms with Gasteiger partial charge in [-0.3, -0.25) is 4.98 Å². The minimum atomic E-state index is 0.366. The fraction of sp³-hybridized carbons (Fsp3) is 0.0625. The second-order valence-electron chi connectivity index (χ2n) is 14.2. The van der Waals surface area contributed by atoms with E-state index in [1.165, 1.54) is 93.5 Å². The highest BCUT2D eigenvalue weighted by molar-refractivity contribution is 6.25. The molecule has 0 N–H and O–H groups in total. The summed E-state index contributed by atoms with van der Waals surface area (Å²) in [4.78, 5) is 4.57. The van der Waals surface area contributed by atoms with Crippen molar-refractivity contribution in [2.45, 2.75) is 18.8 Å². The van der Waals surface area contributed by atoms with E-state index in [4.69, 9.17) is 0 Å². The lowest BCUT2D eigenvalue weighted by atomic mass is 9.80. The third-order valence-corrected chi connectivity index (χ3v) is 11.8. The number of nitrogens with zero attached hydrogens (tertiary/aromatic N) is 3. The van der Waals surface area contributed by atoms with E-state index in [2.05, 4.69) is 160 Å². The largest absolute Gasteiger partial charge is 0.309 e. The highest BCUT2D eigenvalue weighted by Gasteiger charge is 2.34. The predicted molar refractivity (Wildman–Crippen MR) is 211 cm³/mol. The third kappa shape index (κ3) is 3.60. The third-order valence-electron chi connectivity index (χ3n) is 11.8. The number of rotatable bonds is 2. The van der Waals surface area contributed by atoms with E-state index in [1.807, 2.05) is 12.4 Å². The molecule has 7 aromatic carbocycles. The zero-order valence-electron chi connectivity index (χ0n) is 27.8. The van der Waals surface area contributed by atoms with Crippen molar-refractivity contribution in [3.05, 3.63) is 175 Å². The second kappa shape index (κ2) is 10.1. The Morgan fingerprint density at radius 3 is 2.18 bits per heavy atom. The summed E-state index contributed by atoms with van der Waals surface area (Å²) in [5.41, 5.74) is 17.1. The van der Waals surface area contributed by atoms with E-state index in [9.17, 15) is 0 Å². The highest BCUT2D eigenvalue weighted by atomic mass is 15.0. The average Bonchev–Trinajstić information content (AvgIpc) is 3.57. The molecule has 0 saturated carbocycles. The van der Waals surface area contributed by atoms with Crippen LogP contribution in [0.15, 0.2) is 158 Å². The number of fused-ring (bicyclic) bond motifs is 17. The first-order valence-corrected chi connectivity index (χ1v) is 18.0. The fourth-order valence-electron chi connectivity index (χ4n) is 9.74.